The van der Waals surface area contributed by atoms with E-state index in [2.05, 4.69) is 19.5 Å². The number of aliphatic imine (C=N–C) groups is 1. The van der Waals surface area contributed by atoms with E-state index >= 15 is 0 Å². The van der Waals surface area contributed by atoms with Gasteiger partial charge in [0.2, 0.25) is 0 Å². The number of rotatable bonds is 7. The van der Waals surface area contributed by atoms with E-state index in [1.807, 2.05) is 0 Å². The number of carbonyl (C=O) groups is 2. The standard InChI is InChI=1S/C17H25N5O7S/c1-10-13(15(23)22-16(18)19)8-11-4-2-3-5-12(14(11)21-10)9-28-17(24)20-6-7-29-30(25,26)27/h8,12H,2-7,9H2,1H3,(H,20,24)(H,25,26,27)(H4,18,19,22,23). The summed E-state index contributed by atoms with van der Waals surface area (Å²) < 4.78 is 38.7. The maximum atomic E-state index is 12.2. The van der Waals surface area contributed by atoms with Crippen LogP contribution in [0, 0.1) is 6.92 Å². The van der Waals surface area contributed by atoms with Crippen molar-refractivity contribution in [2.45, 2.75) is 38.5 Å². The van der Waals surface area contributed by atoms with Crippen LogP contribution in [-0.4, -0.2) is 55.7 Å². The monoisotopic (exact) mass is 443 g/mol. The Labute approximate surface area is 174 Å². The number of aryl methyl sites for hydroxylation is 2. The van der Waals surface area contributed by atoms with E-state index < -0.39 is 29.0 Å². The summed E-state index contributed by atoms with van der Waals surface area (Å²) in [6.07, 6.45) is 2.50. The molecule has 1 aliphatic rings. The summed E-state index contributed by atoms with van der Waals surface area (Å²) in [7, 11) is -4.56. The zero-order valence-corrected chi connectivity index (χ0v) is 17.3. The largest absolute Gasteiger partial charge is 0.449 e. The molecule has 6 N–H and O–H groups in total. The third-order valence-electron chi connectivity index (χ3n) is 4.44. The van der Waals surface area contributed by atoms with Gasteiger partial charge in [0, 0.05) is 12.5 Å². The molecule has 30 heavy (non-hydrogen) atoms. The predicted octanol–water partition coefficient (Wildman–Crippen LogP) is 0.159. The van der Waals surface area contributed by atoms with Crippen LogP contribution in [0.5, 0.6) is 0 Å². The number of nitrogens with one attached hydrogen (secondary N) is 1. The van der Waals surface area contributed by atoms with Crippen molar-refractivity contribution in [1.82, 2.24) is 10.3 Å². The van der Waals surface area contributed by atoms with E-state index in [0.717, 1.165) is 36.9 Å². The van der Waals surface area contributed by atoms with Gasteiger partial charge in [0.05, 0.1) is 23.6 Å². The van der Waals surface area contributed by atoms with Crippen molar-refractivity contribution in [2.75, 3.05) is 19.8 Å². The van der Waals surface area contributed by atoms with Gasteiger partial charge in [0.1, 0.15) is 6.61 Å². The van der Waals surface area contributed by atoms with Crippen molar-refractivity contribution in [2.24, 2.45) is 16.5 Å². The van der Waals surface area contributed by atoms with Gasteiger partial charge in [-0.25, -0.2) is 8.98 Å². The van der Waals surface area contributed by atoms with Crippen molar-refractivity contribution in [3.63, 3.8) is 0 Å². The number of nitrogens with zero attached hydrogens (tertiary/aromatic N) is 2. The van der Waals surface area contributed by atoms with Crippen molar-refractivity contribution >= 4 is 28.4 Å². The van der Waals surface area contributed by atoms with Gasteiger partial charge < -0.3 is 21.5 Å². The third kappa shape index (κ3) is 7.24. The number of carbonyl (C=O) groups excluding carboxylic acids is 2. The first kappa shape index (κ1) is 23.5. The molecule has 12 nitrogen and oxygen atoms in total. The number of hydrogen-bond acceptors (Lipinski definition) is 7. The molecule has 1 aromatic heterocycles. The topological polar surface area (TPSA) is 196 Å². The van der Waals surface area contributed by atoms with E-state index in [1.54, 1.807) is 13.0 Å². The predicted molar refractivity (Wildman–Crippen MR) is 106 cm³/mol. The van der Waals surface area contributed by atoms with Crippen LogP contribution < -0.4 is 16.8 Å². The lowest BCUT2D eigenvalue weighted by Crippen LogP contribution is -2.30. The van der Waals surface area contributed by atoms with Gasteiger partial charge in [-0.1, -0.05) is 6.42 Å². The molecule has 1 unspecified atom stereocenters. The summed E-state index contributed by atoms with van der Waals surface area (Å²) in [5.74, 6) is -1.05. The number of pyridine rings is 1. The van der Waals surface area contributed by atoms with E-state index in [-0.39, 0.29) is 25.0 Å². The van der Waals surface area contributed by atoms with Gasteiger partial charge in [0.15, 0.2) is 5.96 Å². The molecule has 1 aliphatic carbocycles. The molecule has 1 heterocycles. The van der Waals surface area contributed by atoms with Crippen LogP contribution in [0.15, 0.2) is 11.1 Å². The number of aromatic nitrogens is 1. The first-order valence-corrected chi connectivity index (χ1v) is 10.6. The van der Waals surface area contributed by atoms with Crippen LogP contribution in [0.1, 0.15) is 52.5 Å². The minimum Gasteiger partial charge on any atom is -0.449 e. The Balaban J connectivity index is 2.04. The Kier molecular flexibility index (Phi) is 8.08. The summed E-state index contributed by atoms with van der Waals surface area (Å²) in [6.45, 7) is 1.16. The van der Waals surface area contributed by atoms with E-state index in [9.17, 15) is 18.0 Å². The first-order chi connectivity index (χ1) is 14.1. The quantitative estimate of drug-likeness (QED) is 0.148. The zero-order chi connectivity index (χ0) is 22.3. The van der Waals surface area contributed by atoms with E-state index in [0.29, 0.717) is 11.3 Å². The highest BCUT2D eigenvalue weighted by Gasteiger charge is 2.24. The van der Waals surface area contributed by atoms with Crippen LogP contribution >= 0.6 is 0 Å². The lowest BCUT2D eigenvalue weighted by molar-refractivity contribution is 0.100. The summed E-state index contributed by atoms with van der Waals surface area (Å²) >= 11 is 0. The molecular formula is C17H25N5O7S. The Morgan fingerprint density at radius 3 is 2.77 bits per heavy atom. The number of alkyl carbamates (subject to hydrolysis) is 1. The van der Waals surface area contributed by atoms with Gasteiger partial charge in [-0.15, -0.1) is 0 Å². The molecule has 0 spiro atoms. The highest BCUT2D eigenvalue weighted by atomic mass is 32.3. The highest BCUT2D eigenvalue weighted by Crippen LogP contribution is 2.31. The molecule has 2 amide bonds. The summed E-state index contributed by atoms with van der Waals surface area (Å²) in [5.41, 5.74) is 13.0. The second-order valence-corrected chi connectivity index (χ2v) is 7.82. The van der Waals surface area contributed by atoms with Crippen molar-refractivity contribution in [3.05, 3.63) is 28.6 Å². The molecular weight excluding hydrogens is 418 g/mol. The van der Waals surface area contributed by atoms with Crippen molar-refractivity contribution in [1.29, 1.82) is 0 Å². The van der Waals surface area contributed by atoms with Gasteiger partial charge in [-0.3, -0.25) is 14.3 Å². The Hall–Kier alpha value is -2.77. The second-order valence-electron chi connectivity index (χ2n) is 6.73. The molecule has 0 fully saturated rings. The number of guanidine groups is 1. The molecule has 2 rings (SSSR count). The lowest BCUT2D eigenvalue weighted by Gasteiger charge is -2.18. The average molecular weight is 443 g/mol. The minimum absolute atomic E-state index is 0.0611. The minimum atomic E-state index is -4.56. The average Bonchev–Trinajstić information content (AvgIpc) is 2.83. The number of amides is 2. The zero-order valence-electron chi connectivity index (χ0n) is 16.5. The Morgan fingerprint density at radius 2 is 2.10 bits per heavy atom. The fourth-order valence-corrected chi connectivity index (χ4v) is 3.44. The molecule has 0 radical (unpaired) electrons. The van der Waals surface area contributed by atoms with Gasteiger partial charge in [-0.05, 0) is 37.8 Å². The van der Waals surface area contributed by atoms with Crippen LogP contribution in [0.3, 0.4) is 0 Å². The van der Waals surface area contributed by atoms with E-state index in [4.69, 9.17) is 20.8 Å². The molecule has 0 aliphatic heterocycles. The molecule has 0 aromatic carbocycles. The van der Waals surface area contributed by atoms with Gasteiger partial charge in [-0.2, -0.15) is 13.4 Å². The number of ether oxygens (including phenoxy) is 1. The fraction of sp³-hybridized carbons (Fsp3) is 0.529. The van der Waals surface area contributed by atoms with Crippen LogP contribution in [0.2, 0.25) is 0 Å². The molecule has 1 aromatic rings. The summed E-state index contributed by atoms with van der Waals surface area (Å²) in [6, 6.07) is 1.73. The van der Waals surface area contributed by atoms with Crippen molar-refractivity contribution < 1.29 is 31.5 Å². The lowest BCUT2D eigenvalue weighted by atomic mass is 9.96. The molecule has 0 bridgehead atoms. The third-order valence-corrected chi connectivity index (χ3v) is 4.91. The molecule has 1 atom stereocenters. The number of fused-ring (bicyclic) bond motifs is 1. The number of nitrogens with two attached hydrogens (primary N) is 2. The second kappa shape index (κ2) is 10.3. The smallest absolute Gasteiger partial charge is 0.407 e. The van der Waals surface area contributed by atoms with Gasteiger partial charge >= 0.3 is 16.5 Å². The molecule has 0 saturated heterocycles. The van der Waals surface area contributed by atoms with Gasteiger partial charge in [0.25, 0.3) is 5.91 Å². The number of hydrogen-bond donors (Lipinski definition) is 4. The highest BCUT2D eigenvalue weighted by molar-refractivity contribution is 7.80. The summed E-state index contributed by atoms with van der Waals surface area (Å²) in [5, 5.41) is 2.32. The fourth-order valence-electron chi connectivity index (χ4n) is 3.15. The first-order valence-electron chi connectivity index (χ1n) is 9.23. The molecule has 13 heteroatoms. The van der Waals surface area contributed by atoms with Crippen molar-refractivity contribution in [3.8, 4) is 0 Å². The van der Waals surface area contributed by atoms with Crippen LogP contribution in [0.4, 0.5) is 4.79 Å². The maximum Gasteiger partial charge on any atom is 0.407 e. The SMILES string of the molecule is Cc1nc2c(cc1C(=O)N=C(N)N)CCCCC2COC(=O)NCCOS(=O)(=O)O. The molecule has 0 saturated carbocycles. The molecule has 166 valence electrons. The van der Waals surface area contributed by atoms with Crippen LogP contribution in [-0.2, 0) is 25.7 Å². The summed E-state index contributed by atoms with van der Waals surface area (Å²) in [4.78, 5) is 32.1. The normalized spacial score (nSPS) is 16.1. The van der Waals surface area contributed by atoms with E-state index in [1.165, 1.54) is 0 Å². The van der Waals surface area contributed by atoms with Crippen LogP contribution in [0.25, 0.3) is 0 Å². The Morgan fingerprint density at radius 1 is 1.37 bits per heavy atom. The Bertz CT molecular complexity index is 929. The maximum absolute atomic E-state index is 12.2.